The molecule has 1 heterocycles. The second-order valence-corrected chi connectivity index (χ2v) is 4.12. The molecule has 16 heavy (non-hydrogen) atoms. The van der Waals surface area contributed by atoms with Gasteiger partial charge in [0.05, 0.1) is 0 Å². The summed E-state index contributed by atoms with van der Waals surface area (Å²) in [4.78, 5) is 6.56. The molecule has 0 aliphatic heterocycles. The van der Waals surface area contributed by atoms with Crippen LogP contribution >= 0.6 is 0 Å². The van der Waals surface area contributed by atoms with Gasteiger partial charge in [0, 0.05) is 43.3 Å². The molecule has 1 N–H and O–H groups in total. The Balaban J connectivity index is 2.92. The summed E-state index contributed by atoms with van der Waals surface area (Å²) < 4.78 is 0. The standard InChI is InChI=1S/C13H23N3/c1-5-12(6-2)16(4)13-7-8-15-10-11(13)9-14-3/h7-8,10,12,14H,5-6,9H2,1-4H3. The molecule has 1 aromatic heterocycles. The van der Waals surface area contributed by atoms with Gasteiger partial charge in [0.25, 0.3) is 0 Å². The van der Waals surface area contributed by atoms with Crippen molar-refractivity contribution in [2.24, 2.45) is 0 Å². The zero-order valence-electron chi connectivity index (χ0n) is 10.8. The van der Waals surface area contributed by atoms with Gasteiger partial charge in [-0.2, -0.15) is 0 Å². The summed E-state index contributed by atoms with van der Waals surface area (Å²) in [6.07, 6.45) is 6.17. The second kappa shape index (κ2) is 6.48. The molecule has 0 saturated carbocycles. The Morgan fingerprint density at radius 2 is 2.06 bits per heavy atom. The molecule has 0 aliphatic carbocycles. The highest BCUT2D eigenvalue weighted by molar-refractivity contribution is 5.52. The van der Waals surface area contributed by atoms with Gasteiger partial charge in [0.1, 0.15) is 0 Å². The van der Waals surface area contributed by atoms with E-state index in [1.54, 1.807) is 0 Å². The normalized spacial score (nSPS) is 10.8. The molecule has 90 valence electrons. The minimum atomic E-state index is 0.609. The predicted molar refractivity (Wildman–Crippen MR) is 69.8 cm³/mol. The van der Waals surface area contributed by atoms with Crippen LogP contribution in [-0.4, -0.2) is 25.1 Å². The molecule has 3 heteroatoms. The first-order valence-corrected chi connectivity index (χ1v) is 6.04. The third-order valence-corrected chi connectivity index (χ3v) is 3.12. The fraction of sp³-hybridized carbons (Fsp3) is 0.615. The molecular weight excluding hydrogens is 198 g/mol. The first-order valence-electron chi connectivity index (χ1n) is 6.04. The van der Waals surface area contributed by atoms with Gasteiger partial charge in [-0.25, -0.2) is 0 Å². The highest BCUT2D eigenvalue weighted by Gasteiger charge is 2.13. The van der Waals surface area contributed by atoms with Crippen LogP contribution in [0.1, 0.15) is 32.3 Å². The van der Waals surface area contributed by atoms with E-state index in [-0.39, 0.29) is 0 Å². The molecule has 0 unspecified atom stereocenters. The fourth-order valence-corrected chi connectivity index (χ4v) is 2.12. The summed E-state index contributed by atoms with van der Waals surface area (Å²) in [5.74, 6) is 0. The van der Waals surface area contributed by atoms with E-state index in [2.05, 4.69) is 42.2 Å². The number of anilines is 1. The maximum Gasteiger partial charge on any atom is 0.0442 e. The quantitative estimate of drug-likeness (QED) is 0.799. The Morgan fingerprint density at radius 3 is 2.62 bits per heavy atom. The van der Waals surface area contributed by atoms with Crippen molar-refractivity contribution < 1.29 is 0 Å². The average Bonchev–Trinajstić information content (AvgIpc) is 2.31. The lowest BCUT2D eigenvalue weighted by atomic mass is 10.1. The van der Waals surface area contributed by atoms with Crippen LogP contribution < -0.4 is 10.2 Å². The Labute approximate surface area is 98.9 Å². The SMILES string of the molecule is CCC(CC)N(C)c1ccncc1CNC. The Morgan fingerprint density at radius 1 is 1.38 bits per heavy atom. The predicted octanol–water partition coefficient (Wildman–Crippen LogP) is 2.43. The van der Waals surface area contributed by atoms with Gasteiger partial charge in [0.15, 0.2) is 0 Å². The van der Waals surface area contributed by atoms with E-state index in [0.717, 1.165) is 6.54 Å². The van der Waals surface area contributed by atoms with Crippen LogP contribution in [0.5, 0.6) is 0 Å². The molecular formula is C13H23N3. The Bertz CT molecular complexity index is 308. The average molecular weight is 221 g/mol. The number of hydrogen-bond acceptors (Lipinski definition) is 3. The minimum Gasteiger partial charge on any atom is -0.371 e. The van der Waals surface area contributed by atoms with E-state index < -0.39 is 0 Å². The second-order valence-electron chi connectivity index (χ2n) is 4.12. The van der Waals surface area contributed by atoms with Gasteiger partial charge in [-0.05, 0) is 26.0 Å². The van der Waals surface area contributed by atoms with E-state index in [4.69, 9.17) is 0 Å². The molecule has 0 radical (unpaired) electrons. The van der Waals surface area contributed by atoms with Crippen LogP contribution in [-0.2, 0) is 6.54 Å². The lowest BCUT2D eigenvalue weighted by molar-refractivity contribution is 0.588. The molecule has 0 atom stereocenters. The number of nitrogens with one attached hydrogen (secondary N) is 1. The molecule has 0 bridgehead atoms. The first kappa shape index (κ1) is 13.0. The highest BCUT2D eigenvalue weighted by atomic mass is 15.1. The maximum absolute atomic E-state index is 4.19. The van der Waals surface area contributed by atoms with Crippen molar-refractivity contribution in [2.45, 2.75) is 39.3 Å². The van der Waals surface area contributed by atoms with Crippen molar-refractivity contribution in [1.29, 1.82) is 0 Å². The van der Waals surface area contributed by atoms with E-state index >= 15 is 0 Å². The van der Waals surface area contributed by atoms with Crippen LogP contribution in [0.2, 0.25) is 0 Å². The first-order chi connectivity index (χ1) is 7.74. The van der Waals surface area contributed by atoms with Gasteiger partial charge < -0.3 is 10.2 Å². The molecule has 0 spiro atoms. The van der Waals surface area contributed by atoms with Crippen molar-refractivity contribution in [3.05, 3.63) is 24.0 Å². The molecule has 1 rings (SSSR count). The number of nitrogens with zero attached hydrogens (tertiary/aromatic N) is 2. The Kier molecular flexibility index (Phi) is 5.26. The highest BCUT2D eigenvalue weighted by Crippen LogP contribution is 2.22. The summed E-state index contributed by atoms with van der Waals surface area (Å²) >= 11 is 0. The number of pyridine rings is 1. The van der Waals surface area contributed by atoms with Crippen molar-refractivity contribution in [3.8, 4) is 0 Å². The van der Waals surface area contributed by atoms with E-state index in [1.165, 1.54) is 24.1 Å². The molecule has 3 nitrogen and oxygen atoms in total. The smallest absolute Gasteiger partial charge is 0.0442 e. The van der Waals surface area contributed by atoms with E-state index in [9.17, 15) is 0 Å². The molecule has 0 aromatic carbocycles. The summed E-state index contributed by atoms with van der Waals surface area (Å²) in [6.45, 7) is 5.35. The molecule has 1 aromatic rings. The molecule has 0 saturated heterocycles. The number of rotatable bonds is 6. The molecule has 0 aliphatic rings. The summed E-state index contributed by atoms with van der Waals surface area (Å²) in [5.41, 5.74) is 2.55. The van der Waals surface area contributed by atoms with Crippen LogP contribution in [0.3, 0.4) is 0 Å². The lowest BCUT2D eigenvalue weighted by Crippen LogP contribution is -2.31. The van der Waals surface area contributed by atoms with E-state index in [0.29, 0.717) is 6.04 Å². The topological polar surface area (TPSA) is 28.2 Å². The zero-order valence-corrected chi connectivity index (χ0v) is 10.8. The molecule has 0 fully saturated rings. The summed E-state index contributed by atoms with van der Waals surface area (Å²) in [7, 11) is 4.14. The van der Waals surface area contributed by atoms with E-state index in [1.807, 2.05) is 19.4 Å². The number of aromatic nitrogens is 1. The van der Waals surface area contributed by atoms with Crippen molar-refractivity contribution in [2.75, 3.05) is 19.0 Å². The fourth-order valence-electron chi connectivity index (χ4n) is 2.12. The summed E-state index contributed by atoms with van der Waals surface area (Å²) in [5, 5.41) is 3.19. The zero-order chi connectivity index (χ0) is 12.0. The molecule has 0 amide bonds. The van der Waals surface area contributed by atoms with Crippen LogP contribution in [0.4, 0.5) is 5.69 Å². The van der Waals surface area contributed by atoms with Crippen molar-refractivity contribution >= 4 is 5.69 Å². The van der Waals surface area contributed by atoms with Gasteiger partial charge in [0.2, 0.25) is 0 Å². The van der Waals surface area contributed by atoms with Crippen molar-refractivity contribution in [1.82, 2.24) is 10.3 Å². The van der Waals surface area contributed by atoms with Gasteiger partial charge >= 0.3 is 0 Å². The van der Waals surface area contributed by atoms with Crippen LogP contribution in [0.15, 0.2) is 18.5 Å². The van der Waals surface area contributed by atoms with Gasteiger partial charge in [-0.3, -0.25) is 4.98 Å². The van der Waals surface area contributed by atoms with Crippen molar-refractivity contribution in [3.63, 3.8) is 0 Å². The minimum absolute atomic E-state index is 0.609. The number of hydrogen-bond donors (Lipinski definition) is 1. The third-order valence-electron chi connectivity index (χ3n) is 3.12. The monoisotopic (exact) mass is 221 g/mol. The lowest BCUT2D eigenvalue weighted by Gasteiger charge is -2.30. The van der Waals surface area contributed by atoms with Gasteiger partial charge in [-0.1, -0.05) is 13.8 Å². The van der Waals surface area contributed by atoms with Crippen LogP contribution in [0, 0.1) is 0 Å². The van der Waals surface area contributed by atoms with Crippen LogP contribution in [0.25, 0.3) is 0 Å². The maximum atomic E-state index is 4.19. The van der Waals surface area contributed by atoms with Gasteiger partial charge in [-0.15, -0.1) is 0 Å². The largest absolute Gasteiger partial charge is 0.371 e. The summed E-state index contributed by atoms with van der Waals surface area (Å²) in [6, 6.07) is 2.71. The Hall–Kier alpha value is -1.09. The third kappa shape index (κ3) is 2.95.